The van der Waals surface area contributed by atoms with Crippen molar-refractivity contribution in [2.75, 3.05) is 0 Å². The van der Waals surface area contributed by atoms with Crippen molar-refractivity contribution < 1.29 is 0 Å². The molecule has 0 saturated carbocycles. The average Bonchev–Trinajstić information content (AvgIpc) is 0.811. The van der Waals surface area contributed by atoms with Crippen LogP contribution in [0.3, 0.4) is 0 Å². The van der Waals surface area contributed by atoms with E-state index in [-0.39, 0.29) is 2.81 Å². The van der Waals surface area contributed by atoms with E-state index in [1.54, 1.807) is 0 Å². The lowest BCUT2D eigenvalue weighted by molar-refractivity contribution is 4.61. The van der Waals surface area contributed by atoms with Crippen molar-refractivity contribution in [3.8, 4) is 0 Å². The van der Waals surface area contributed by atoms with Crippen molar-refractivity contribution in [2.24, 2.45) is 0 Å². The molecular formula is BBrClI. The molecule has 0 heterocycles. The summed E-state index contributed by atoms with van der Waals surface area (Å²) in [5.74, 6) is 0. The van der Waals surface area contributed by atoms with Crippen LogP contribution in [0.4, 0.5) is 0 Å². The van der Waals surface area contributed by atoms with Crippen molar-refractivity contribution in [3.63, 3.8) is 0 Å². The van der Waals surface area contributed by atoms with Crippen molar-refractivity contribution in [1.82, 2.24) is 0 Å². The minimum Gasteiger partial charge on any atom is -0.163 e. The van der Waals surface area contributed by atoms with E-state index in [9.17, 15) is 0 Å². The predicted molar refractivity (Wildman–Crippen MR) is 34.6 cm³/mol. The molecule has 0 fully saturated rings. The second-order valence-electron chi connectivity index (χ2n) is 0.247. The molecule has 0 saturated heterocycles. The molecule has 4 heteroatoms. The van der Waals surface area contributed by atoms with Crippen LogP contribution in [0.15, 0.2) is 0 Å². The average molecular weight is 253 g/mol. The lowest BCUT2D eigenvalue weighted by atomic mass is 10.7. The van der Waals surface area contributed by atoms with Gasteiger partial charge in [0, 0.05) is 0 Å². The summed E-state index contributed by atoms with van der Waals surface area (Å²) >= 11 is 10.2. The molecule has 0 aliphatic carbocycles. The van der Waals surface area contributed by atoms with Crippen LogP contribution in [0.1, 0.15) is 0 Å². The van der Waals surface area contributed by atoms with E-state index < -0.39 is 0 Å². The van der Waals surface area contributed by atoms with Crippen LogP contribution >= 0.6 is 49.6 Å². The molecule has 4 heavy (non-hydrogen) atoms. The highest BCUT2D eigenvalue weighted by molar-refractivity contribution is 14.1. The molecule has 0 rings (SSSR count). The summed E-state index contributed by atoms with van der Waals surface area (Å²) in [4.78, 5) is 0. The fraction of sp³-hybridized carbons (Fsp3) is 0. The fourth-order valence-corrected chi connectivity index (χ4v) is 0. The van der Waals surface area contributed by atoms with Crippen molar-refractivity contribution in [1.29, 1.82) is 0 Å². The van der Waals surface area contributed by atoms with Crippen LogP contribution in [0, 0.1) is 0 Å². The zero-order valence-electron chi connectivity index (χ0n) is 1.71. The summed E-state index contributed by atoms with van der Waals surface area (Å²) in [6, 6.07) is 0. The highest BCUT2D eigenvalue weighted by Crippen LogP contribution is 2.05. The Balaban J connectivity index is 2.32. The molecule has 0 N–H and O–H groups in total. The minimum atomic E-state index is 0.0881. The Labute approximate surface area is 52.1 Å². The number of rotatable bonds is 0. The first-order chi connectivity index (χ1) is 1.73. The molecule has 0 aromatic carbocycles. The molecule has 0 aromatic rings. The third-order valence-corrected chi connectivity index (χ3v) is 0. The number of halogens is 3. The van der Waals surface area contributed by atoms with Crippen molar-refractivity contribution in [2.45, 2.75) is 0 Å². The molecular weight excluding hydrogens is 253 g/mol. The Morgan fingerprint density at radius 2 is 2.00 bits per heavy atom. The maximum atomic E-state index is 5.18. The largest absolute Gasteiger partial charge is 0.391 e. The second-order valence-corrected chi connectivity index (χ2v) is 5.82. The Morgan fingerprint density at radius 1 is 2.00 bits per heavy atom. The number of hydrogen-bond acceptors (Lipinski definition) is 0. The lowest BCUT2D eigenvalue weighted by Crippen LogP contribution is -1.62. The van der Waals surface area contributed by atoms with Gasteiger partial charge in [-0.25, -0.2) is 0 Å². The normalized spacial score (nSPS) is 6.75. The monoisotopic (exact) mass is 252 g/mol. The Morgan fingerprint density at radius 3 is 2.00 bits per heavy atom. The van der Waals surface area contributed by atoms with E-state index in [1.807, 2.05) is 22.4 Å². The molecule has 0 unspecified atom stereocenters. The maximum absolute atomic E-state index is 5.18. The molecule has 24 valence electrons. The van der Waals surface area contributed by atoms with Gasteiger partial charge in [-0.3, -0.25) is 0 Å². The van der Waals surface area contributed by atoms with Gasteiger partial charge in [0.2, 0.25) is 0 Å². The van der Waals surface area contributed by atoms with E-state index in [0.717, 1.165) is 0 Å². The van der Waals surface area contributed by atoms with Gasteiger partial charge < -0.3 is 0 Å². The summed E-state index contributed by atoms with van der Waals surface area (Å²) in [7, 11) is 0. The highest BCUT2D eigenvalue weighted by Gasteiger charge is 1.88. The Bertz CT molecular complexity index is 12.8. The summed E-state index contributed by atoms with van der Waals surface area (Å²) in [6.45, 7) is 0. The van der Waals surface area contributed by atoms with Crippen LogP contribution in [0.5, 0.6) is 0 Å². The van der Waals surface area contributed by atoms with Gasteiger partial charge in [0.1, 0.15) is 0 Å². The van der Waals surface area contributed by atoms with Gasteiger partial charge >= 0.3 is 2.81 Å². The smallest absolute Gasteiger partial charge is 0.163 e. The standard InChI is InChI=1S/BBrClI/c2-1(3)4. The van der Waals surface area contributed by atoms with E-state index >= 15 is 0 Å². The number of hydrogen-bond donors (Lipinski definition) is 0. The van der Waals surface area contributed by atoms with Crippen LogP contribution in [-0.2, 0) is 0 Å². The predicted octanol–water partition coefficient (Wildman–Crippen LogP) is 2.04. The summed E-state index contributed by atoms with van der Waals surface area (Å²) < 4.78 is 0.0881. The topological polar surface area (TPSA) is 0 Å². The van der Waals surface area contributed by atoms with E-state index in [4.69, 9.17) is 11.5 Å². The zero-order valence-corrected chi connectivity index (χ0v) is 6.21. The van der Waals surface area contributed by atoms with E-state index in [0.29, 0.717) is 0 Å². The molecule has 0 radical (unpaired) electrons. The Hall–Kier alpha value is 1.56. The quantitative estimate of drug-likeness (QED) is 0.457. The lowest BCUT2D eigenvalue weighted by Gasteiger charge is -1.62. The van der Waals surface area contributed by atoms with Crippen LogP contribution < -0.4 is 0 Å². The highest BCUT2D eigenvalue weighted by atomic mass is 127. The van der Waals surface area contributed by atoms with Crippen LogP contribution in [-0.4, -0.2) is 2.81 Å². The molecule has 0 bridgehead atoms. The van der Waals surface area contributed by atoms with Crippen molar-refractivity contribution in [3.05, 3.63) is 0 Å². The first kappa shape index (κ1) is 5.56. The third-order valence-electron chi connectivity index (χ3n) is 0. The van der Waals surface area contributed by atoms with Gasteiger partial charge in [0.15, 0.2) is 0 Å². The summed E-state index contributed by atoms with van der Waals surface area (Å²) in [5.41, 5.74) is 0. The van der Waals surface area contributed by atoms with Crippen molar-refractivity contribution >= 4 is 52.4 Å². The Kier molecular flexibility index (Phi) is 3.87. The first-order valence-electron chi connectivity index (χ1n) is 0.655. The maximum Gasteiger partial charge on any atom is 0.391 e. The second kappa shape index (κ2) is 2.78. The van der Waals surface area contributed by atoms with Gasteiger partial charge in [0.25, 0.3) is 0 Å². The van der Waals surface area contributed by atoms with Gasteiger partial charge in [-0.15, -0.1) is 38.1 Å². The minimum absolute atomic E-state index is 0.0881. The molecule has 0 aliphatic heterocycles. The molecule has 0 aromatic heterocycles. The molecule has 0 spiro atoms. The SMILES string of the molecule is ClB(Br)I. The van der Waals surface area contributed by atoms with E-state index in [1.165, 1.54) is 0 Å². The van der Waals surface area contributed by atoms with Gasteiger partial charge in [0.05, 0.1) is 0 Å². The van der Waals surface area contributed by atoms with Gasteiger partial charge in [-0.1, -0.05) is 0 Å². The summed E-state index contributed by atoms with van der Waals surface area (Å²) in [5, 5.41) is 0. The fourth-order valence-electron chi connectivity index (χ4n) is 0. The van der Waals surface area contributed by atoms with E-state index in [2.05, 4.69) is 15.8 Å². The van der Waals surface area contributed by atoms with Gasteiger partial charge in [-0.2, -0.15) is 11.5 Å². The molecule has 0 amide bonds. The molecule has 0 atom stereocenters. The van der Waals surface area contributed by atoms with Gasteiger partial charge in [-0.05, 0) is 0 Å². The zero-order chi connectivity index (χ0) is 3.58. The van der Waals surface area contributed by atoms with Crippen LogP contribution in [0.2, 0.25) is 0 Å². The first-order valence-corrected chi connectivity index (χ1v) is 3.25. The third kappa shape index (κ3) is 9.58. The molecule has 0 nitrogen and oxygen atoms in total. The summed E-state index contributed by atoms with van der Waals surface area (Å²) in [6.07, 6.45) is 0. The van der Waals surface area contributed by atoms with Crippen LogP contribution in [0.25, 0.3) is 0 Å². The molecule has 0 aliphatic rings.